The third-order valence-corrected chi connectivity index (χ3v) is 4.44. The molecule has 1 saturated heterocycles. The van der Waals surface area contributed by atoms with Crippen LogP contribution in [0.3, 0.4) is 0 Å². The van der Waals surface area contributed by atoms with Gasteiger partial charge in [0.2, 0.25) is 11.8 Å². The fraction of sp³-hybridized carbons (Fsp3) is 0.529. The third kappa shape index (κ3) is 3.88. The van der Waals surface area contributed by atoms with E-state index in [-0.39, 0.29) is 17.7 Å². The van der Waals surface area contributed by atoms with E-state index in [1.807, 2.05) is 29.2 Å². The Labute approximate surface area is 140 Å². The van der Waals surface area contributed by atoms with Gasteiger partial charge in [0.1, 0.15) is 0 Å². The van der Waals surface area contributed by atoms with E-state index in [1.165, 1.54) is 0 Å². The Kier molecular flexibility index (Phi) is 6.00. The Morgan fingerprint density at radius 3 is 2.36 bits per heavy atom. The van der Waals surface area contributed by atoms with Gasteiger partial charge in [-0.3, -0.25) is 9.59 Å². The van der Waals surface area contributed by atoms with Crippen molar-refractivity contribution in [1.29, 1.82) is 0 Å². The second kappa shape index (κ2) is 7.77. The highest BCUT2D eigenvalue weighted by molar-refractivity contribution is 9.10. The van der Waals surface area contributed by atoms with E-state index in [0.717, 1.165) is 36.1 Å². The number of halogens is 1. The fourth-order valence-corrected chi connectivity index (χ4v) is 3.14. The number of carbonyl (C=O) groups excluding carboxylic acids is 2. The lowest BCUT2D eigenvalue weighted by Crippen LogP contribution is -2.38. The predicted octanol–water partition coefficient (Wildman–Crippen LogP) is 3.45. The van der Waals surface area contributed by atoms with Crippen LogP contribution in [0.2, 0.25) is 0 Å². The van der Waals surface area contributed by atoms with Gasteiger partial charge in [0, 0.05) is 36.2 Å². The minimum atomic E-state index is -0.214. The van der Waals surface area contributed by atoms with E-state index in [0.29, 0.717) is 13.0 Å². The Hall–Kier alpha value is -1.36. The molecular formula is C17H23BrN2O2. The van der Waals surface area contributed by atoms with Crippen molar-refractivity contribution in [3.63, 3.8) is 0 Å². The first-order valence-electron chi connectivity index (χ1n) is 7.91. The van der Waals surface area contributed by atoms with E-state index >= 15 is 0 Å². The van der Waals surface area contributed by atoms with Gasteiger partial charge in [0.25, 0.3) is 0 Å². The SMILES string of the molecule is CCCN(CCC)C(=O)C1CC(=O)N(c2ccc(Br)cc2)C1. The van der Waals surface area contributed by atoms with E-state index in [9.17, 15) is 9.59 Å². The van der Waals surface area contributed by atoms with Crippen molar-refractivity contribution in [2.75, 3.05) is 24.5 Å². The van der Waals surface area contributed by atoms with E-state index in [2.05, 4.69) is 29.8 Å². The van der Waals surface area contributed by atoms with Gasteiger partial charge in [-0.15, -0.1) is 0 Å². The smallest absolute Gasteiger partial charge is 0.228 e. The van der Waals surface area contributed by atoms with E-state index < -0.39 is 0 Å². The molecule has 1 atom stereocenters. The van der Waals surface area contributed by atoms with Crippen molar-refractivity contribution in [3.8, 4) is 0 Å². The highest BCUT2D eigenvalue weighted by atomic mass is 79.9. The number of carbonyl (C=O) groups is 2. The zero-order chi connectivity index (χ0) is 16.1. The first-order chi connectivity index (χ1) is 10.6. The minimum absolute atomic E-state index is 0.0358. The van der Waals surface area contributed by atoms with Crippen LogP contribution < -0.4 is 4.90 Å². The molecule has 4 nitrogen and oxygen atoms in total. The largest absolute Gasteiger partial charge is 0.342 e. The van der Waals surface area contributed by atoms with Gasteiger partial charge in [0.05, 0.1) is 5.92 Å². The summed E-state index contributed by atoms with van der Waals surface area (Å²) in [6, 6.07) is 7.64. The van der Waals surface area contributed by atoms with Gasteiger partial charge in [-0.2, -0.15) is 0 Å². The highest BCUT2D eigenvalue weighted by Crippen LogP contribution is 2.27. The molecule has 0 aromatic heterocycles. The number of benzene rings is 1. The van der Waals surface area contributed by atoms with Crippen LogP contribution in [0.25, 0.3) is 0 Å². The van der Waals surface area contributed by atoms with Gasteiger partial charge >= 0.3 is 0 Å². The lowest BCUT2D eigenvalue weighted by atomic mass is 10.1. The van der Waals surface area contributed by atoms with Crippen molar-refractivity contribution >= 4 is 33.4 Å². The van der Waals surface area contributed by atoms with Crippen LogP contribution in [-0.4, -0.2) is 36.3 Å². The third-order valence-electron chi connectivity index (χ3n) is 3.91. The molecule has 1 unspecified atom stereocenters. The van der Waals surface area contributed by atoms with Crippen molar-refractivity contribution in [3.05, 3.63) is 28.7 Å². The average Bonchev–Trinajstić information content (AvgIpc) is 2.89. The molecule has 5 heteroatoms. The Bertz CT molecular complexity index is 524. The van der Waals surface area contributed by atoms with Gasteiger partial charge in [-0.25, -0.2) is 0 Å². The van der Waals surface area contributed by atoms with Crippen molar-refractivity contribution in [1.82, 2.24) is 4.90 Å². The summed E-state index contributed by atoms with van der Waals surface area (Å²) in [7, 11) is 0. The normalized spacial score (nSPS) is 17.9. The molecule has 22 heavy (non-hydrogen) atoms. The fourth-order valence-electron chi connectivity index (χ4n) is 2.87. The van der Waals surface area contributed by atoms with Gasteiger partial charge in [0.15, 0.2) is 0 Å². The number of amides is 2. The molecular weight excluding hydrogens is 344 g/mol. The zero-order valence-corrected chi connectivity index (χ0v) is 14.8. The summed E-state index contributed by atoms with van der Waals surface area (Å²) in [6.45, 7) is 6.18. The number of rotatable bonds is 6. The second-order valence-electron chi connectivity index (χ2n) is 5.71. The van der Waals surface area contributed by atoms with Crippen LogP contribution in [0, 0.1) is 5.92 Å². The molecule has 0 N–H and O–H groups in total. The van der Waals surface area contributed by atoms with Gasteiger partial charge in [-0.1, -0.05) is 29.8 Å². The van der Waals surface area contributed by atoms with E-state index in [4.69, 9.17) is 0 Å². The van der Waals surface area contributed by atoms with Gasteiger partial charge in [-0.05, 0) is 37.1 Å². The Balaban J connectivity index is 2.07. The first kappa shape index (κ1) is 17.0. The van der Waals surface area contributed by atoms with E-state index in [1.54, 1.807) is 4.90 Å². The quantitative estimate of drug-likeness (QED) is 0.773. The number of nitrogens with zero attached hydrogens (tertiary/aromatic N) is 2. The summed E-state index contributed by atoms with van der Waals surface area (Å²) in [5, 5.41) is 0. The lowest BCUT2D eigenvalue weighted by Gasteiger charge is -2.24. The number of hydrogen-bond acceptors (Lipinski definition) is 2. The summed E-state index contributed by atoms with van der Waals surface area (Å²) in [6.07, 6.45) is 2.21. The molecule has 0 spiro atoms. The summed E-state index contributed by atoms with van der Waals surface area (Å²) in [5.41, 5.74) is 0.862. The van der Waals surface area contributed by atoms with Crippen LogP contribution in [0.1, 0.15) is 33.1 Å². The summed E-state index contributed by atoms with van der Waals surface area (Å²) >= 11 is 3.39. The standard InChI is InChI=1S/C17H23BrN2O2/c1-3-9-19(10-4-2)17(22)13-11-16(21)20(12-13)15-7-5-14(18)6-8-15/h5-8,13H,3-4,9-12H2,1-2H3. The molecule has 2 amide bonds. The molecule has 1 fully saturated rings. The second-order valence-corrected chi connectivity index (χ2v) is 6.62. The molecule has 1 aromatic carbocycles. The topological polar surface area (TPSA) is 40.6 Å². The summed E-state index contributed by atoms with van der Waals surface area (Å²) in [4.78, 5) is 28.5. The molecule has 1 heterocycles. The van der Waals surface area contributed by atoms with Crippen LogP contribution in [-0.2, 0) is 9.59 Å². The minimum Gasteiger partial charge on any atom is -0.342 e. The van der Waals surface area contributed by atoms with Crippen molar-refractivity contribution in [2.45, 2.75) is 33.1 Å². The van der Waals surface area contributed by atoms with Crippen molar-refractivity contribution < 1.29 is 9.59 Å². The maximum atomic E-state index is 12.6. The van der Waals surface area contributed by atoms with Crippen LogP contribution in [0.15, 0.2) is 28.7 Å². The predicted molar refractivity (Wildman–Crippen MR) is 91.8 cm³/mol. The van der Waals surface area contributed by atoms with Gasteiger partial charge < -0.3 is 9.80 Å². The van der Waals surface area contributed by atoms with Crippen LogP contribution >= 0.6 is 15.9 Å². The molecule has 1 aliphatic rings. The van der Waals surface area contributed by atoms with Crippen LogP contribution in [0.4, 0.5) is 5.69 Å². The van der Waals surface area contributed by atoms with Crippen molar-refractivity contribution in [2.24, 2.45) is 5.92 Å². The van der Waals surface area contributed by atoms with Crippen LogP contribution in [0.5, 0.6) is 0 Å². The number of hydrogen-bond donors (Lipinski definition) is 0. The monoisotopic (exact) mass is 366 g/mol. The summed E-state index contributed by atoms with van der Waals surface area (Å²) < 4.78 is 0.979. The molecule has 0 saturated carbocycles. The Morgan fingerprint density at radius 2 is 1.82 bits per heavy atom. The molecule has 0 bridgehead atoms. The molecule has 0 aliphatic carbocycles. The lowest BCUT2D eigenvalue weighted by molar-refractivity contribution is -0.135. The Morgan fingerprint density at radius 1 is 1.23 bits per heavy atom. The molecule has 0 radical (unpaired) electrons. The summed E-state index contributed by atoms with van der Waals surface area (Å²) in [5.74, 6) is -0.0560. The maximum Gasteiger partial charge on any atom is 0.228 e. The first-order valence-corrected chi connectivity index (χ1v) is 8.70. The molecule has 1 aromatic rings. The molecule has 2 rings (SSSR count). The highest BCUT2D eigenvalue weighted by Gasteiger charge is 2.36. The number of anilines is 1. The molecule has 1 aliphatic heterocycles. The zero-order valence-electron chi connectivity index (χ0n) is 13.2. The molecule has 120 valence electrons. The average molecular weight is 367 g/mol. The maximum absolute atomic E-state index is 12.6.